The van der Waals surface area contributed by atoms with Crippen LogP contribution in [0.15, 0.2) is 59.5 Å². The van der Waals surface area contributed by atoms with Gasteiger partial charge in [-0.15, -0.1) is 0 Å². The number of nitrogens with one attached hydrogen (secondary N) is 3. The van der Waals surface area contributed by atoms with Gasteiger partial charge in [0, 0.05) is 18.6 Å². The number of carbonyl (C=O) groups is 2. The second kappa shape index (κ2) is 11.9. The third-order valence-corrected chi connectivity index (χ3v) is 6.62. The van der Waals surface area contributed by atoms with Crippen LogP contribution in [0.4, 0.5) is 5.69 Å². The van der Waals surface area contributed by atoms with E-state index >= 15 is 0 Å². The minimum absolute atomic E-state index is 0.0307. The molecule has 0 aliphatic carbocycles. The number of non-ortho nitro benzene ring substituents is 1. The van der Waals surface area contributed by atoms with Crippen molar-refractivity contribution in [2.75, 3.05) is 0 Å². The lowest BCUT2D eigenvalue weighted by Crippen LogP contribution is -2.60. The molecule has 0 saturated carbocycles. The highest BCUT2D eigenvalue weighted by molar-refractivity contribution is 7.89. The zero-order valence-electron chi connectivity index (χ0n) is 18.9. The molecule has 0 unspecified atom stereocenters. The van der Waals surface area contributed by atoms with E-state index in [9.17, 15) is 28.1 Å². The van der Waals surface area contributed by atoms with E-state index in [2.05, 4.69) is 10.7 Å². The summed E-state index contributed by atoms with van der Waals surface area (Å²) in [6.45, 7) is 1.70. The highest BCUT2D eigenvalue weighted by atomic mass is 32.2. The van der Waals surface area contributed by atoms with Gasteiger partial charge < -0.3 is 16.8 Å². The van der Waals surface area contributed by atoms with E-state index in [4.69, 9.17) is 16.9 Å². The van der Waals surface area contributed by atoms with Gasteiger partial charge in [-0.2, -0.15) is 0 Å². The van der Waals surface area contributed by atoms with Crippen LogP contribution in [0.3, 0.4) is 0 Å². The molecule has 2 atom stereocenters. The molecule has 13 nitrogen and oxygen atoms in total. The van der Waals surface area contributed by atoms with Crippen LogP contribution in [-0.4, -0.2) is 47.6 Å². The number of nitrogens with two attached hydrogens (primary N) is 2. The van der Waals surface area contributed by atoms with Crippen molar-refractivity contribution in [1.82, 2.24) is 15.2 Å². The molecule has 2 aromatic carbocycles. The fourth-order valence-electron chi connectivity index (χ4n) is 3.26. The van der Waals surface area contributed by atoms with Gasteiger partial charge in [-0.1, -0.05) is 54.2 Å². The number of primary amides is 1. The lowest BCUT2D eigenvalue weighted by Gasteiger charge is -2.31. The van der Waals surface area contributed by atoms with E-state index in [0.717, 1.165) is 18.2 Å². The lowest BCUT2D eigenvalue weighted by molar-refractivity contribution is -0.385. The summed E-state index contributed by atoms with van der Waals surface area (Å²) >= 11 is 0. The van der Waals surface area contributed by atoms with Crippen LogP contribution in [0.1, 0.15) is 25.3 Å². The second-order valence-corrected chi connectivity index (χ2v) is 9.35. The molecule has 0 aromatic heterocycles. The van der Waals surface area contributed by atoms with Gasteiger partial charge in [-0.25, -0.2) is 8.42 Å². The number of guanidine groups is 1. The molecule has 14 heteroatoms. The summed E-state index contributed by atoms with van der Waals surface area (Å²) in [7, 11) is -4.61. The molecule has 0 spiro atoms. The van der Waals surface area contributed by atoms with E-state index in [1.807, 2.05) is 0 Å². The predicted molar refractivity (Wildman–Crippen MR) is 127 cm³/mol. The van der Waals surface area contributed by atoms with Crippen molar-refractivity contribution in [2.24, 2.45) is 11.5 Å². The first-order chi connectivity index (χ1) is 16.5. The number of hydrogen-bond donors (Lipinski definition) is 5. The molecule has 7 N–H and O–H groups in total. The number of amides is 2. The Morgan fingerprint density at radius 2 is 1.80 bits per heavy atom. The molecule has 0 radical (unpaired) electrons. The van der Waals surface area contributed by atoms with Crippen LogP contribution < -0.4 is 22.2 Å². The van der Waals surface area contributed by atoms with Crippen LogP contribution in [0.25, 0.3) is 0 Å². The molecule has 35 heavy (non-hydrogen) atoms. The van der Waals surface area contributed by atoms with E-state index in [1.165, 1.54) is 6.07 Å². The average Bonchev–Trinajstić information content (AvgIpc) is 2.81. The molecule has 0 saturated heterocycles. The Hall–Kier alpha value is -4.04. The Morgan fingerprint density at radius 1 is 1.14 bits per heavy atom. The number of carbonyl (C=O) groups excluding carboxylic acids is 2. The maximum Gasteiger partial charge on any atom is 0.270 e. The molecule has 0 aliphatic rings. The number of benzene rings is 2. The smallest absolute Gasteiger partial charge is 0.270 e. The van der Waals surface area contributed by atoms with Gasteiger partial charge in [-0.3, -0.25) is 30.5 Å². The number of sulfonamides is 1. The lowest BCUT2D eigenvalue weighted by atomic mass is 10.0. The normalized spacial score (nSPS) is 13.0. The largest absolute Gasteiger partial charge is 0.369 e. The zero-order chi connectivity index (χ0) is 26.2. The molecule has 188 valence electrons. The highest BCUT2D eigenvalue weighted by Crippen LogP contribution is 2.23. The number of nitro groups is 1. The van der Waals surface area contributed by atoms with Crippen molar-refractivity contribution in [3.8, 4) is 0 Å². The summed E-state index contributed by atoms with van der Waals surface area (Å²) in [6, 6.07) is 10.4. The average molecular weight is 506 g/mol. The Morgan fingerprint density at radius 3 is 2.34 bits per heavy atom. The quantitative estimate of drug-likeness (QED) is 0.117. The Balaban J connectivity index is 2.44. The summed E-state index contributed by atoms with van der Waals surface area (Å²) < 4.78 is 27.2. The predicted octanol–water partition coefficient (Wildman–Crippen LogP) is 0.365. The van der Waals surface area contributed by atoms with Gasteiger partial charge in [0.2, 0.25) is 17.8 Å². The van der Waals surface area contributed by atoms with Crippen LogP contribution in [-0.2, 0) is 26.0 Å². The van der Waals surface area contributed by atoms with Gasteiger partial charge in [0.05, 0.1) is 9.82 Å². The first kappa shape index (κ1) is 27.2. The van der Waals surface area contributed by atoms with Crippen LogP contribution in [0.5, 0.6) is 0 Å². The molecule has 2 amide bonds. The molecular formula is C21H27N7O6S. The standard InChI is InChI=1S/C21H27N7O6S/c1-2-7-18(20(30)25-17(19(22)29)12-14-8-4-3-5-9-14)27(26-21(23)24)35(33,34)16-11-6-10-15(13-16)28(31)32/h3-6,8-11,13,17-18H,2,7,12H2,1H3,(H2,22,29)(H,25,30)(H4,23,24,26)/t17-,18-/m0/s1. The minimum atomic E-state index is -4.61. The number of rotatable bonds is 12. The number of nitro benzene ring substituents is 1. The van der Waals surface area contributed by atoms with Gasteiger partial charge >= 0.3 is 0 Å². The van der Waals surface area contributed by atoms with Crippen molar-refractivity contribution >= 4 is 33.5 Å². The van der Waals surface area contributed by atoms with Crippen molar-refractivity contribution < 1.29 is 22.9 Å². The van der Waals surface area contributed by atoms with Crippen molar-refractivity contribution in [2.45, 2.75) is 43.2 Å². The topological polar surface area (TPSA) is 215 Å². The molecule has 0 fully saturated rings. The monoisotopic (exact) mass is 505 g/mol. The van der Waals surface area contributed by atoms with Gasteiger partial charge in [0.1, 0.15) is 12.1 Å². The maximum absolute atomic E-state index is 13.4. The minimum Gasteiger partial charge on any atom is -0.369 e. The first-order valence-corrected chi connectivity index (χ1v) is 11.9. The van der Waals surface area contributed by atoms with Crippen LogP contribution in [0, 0.1) is 15.5 Å². The Labute approximate surface area is 202 Å². The van der Waals surface area contributed by atoms with Crippen molar-refractivity contribution in [3.05, 3.63) is 70.3 Å². The van der Waals surface area contributed by atoms with E-state index < -0.39 is 55.4 Å². The molecule has 2 rings (SSSR count). The van der Waals surface area contributed by atoms with Crippen LogP contribution >= 0.6 is 0 Å². The highest BCUT2D eigenvalue weighted by Gasteiger charge is 2.38. The van der Waals surface area contributed by atoms with E-state index in [-0.39, 0.29) is 12.8 Å². The third kappa shape index (κ3) is 7.22. The fourth-order valence-corrected chi connectivity index (χ4v) is 4.77. The fraction of sp³-hybridized carbons (Fsp3) is 0.286. The number of hydrazine groups is 1. The summed E-state index contributed by atoms with van der Waals surface area (Å²) in [4.78, 5) is 35.1. The van der Waals surface area contributed by atoms with Crippen LogP contribution in [0.2, 0.25) is 0 Å². The van der Waals surface area contributed by atoms with Crippen molar-refractivity contribution in [3.63, 3.8) is 0 Å². The molecule has 0 bridgehead atoms. The molecule has 2 aromatic rings. The SMILES string of the molecule is CCC[C@@H](C(=O)N[C@@H](Cc1ccccc1)C(N)=O)N(NC(=N)N)S(=O)(=O)c1cccc([N+](=O)[O-])c1. The Kier molecular flexibility index (Phi) is 9.25. The Bertz CT molecular complexity index is 1190. The van der Waals surface area contributed by atoms with Gasteiger partial charge in [-0.05, 0) is 18.1 Å². The first-order valence-electron chi connectivity index (χ1n) is 10.5. The molecule has 0 heterocycles. The van der Waals surface area contributed by atoms with Gasteiger partial charge in [0.25, 0.3) is 15.7 Å². The van der Waals surface area contributed by atoms with E-state index in [1.54, 1.807) is 37.3 Å². The molecular weight excluding hydrogens is 478 g/mol. The van der Waals surface area contributed by atoms with Gasteiger partial charge in [0.15, 0.2) is 0 Å². The summed E-state index contributed by atoms with van der Waals surface area (Å²) in [5, 5.41) is 21.2. The number of nitrogens with zero attached hydrogens (tertiary/aromatic N) is 2. The summed E-state index contributed by atoms with van der Waals surface area (Å²) in [5.41, 5.74) is 13.2. The molecule has 0 aliphatic heterocycles. The summed E-state index contributed by atoms with van der Waals surface area (Å²) in [6.07, 6.45) is 0.369. The zero-order valence-corrected chi connectivity index (χ0v) is 19.7. The maximum atomic E-state index is 13.4. The second-order valence-electron chi connectivity index (χ2n) is 7.54. The summed E-state index contributed by atoms with van der Waals surface area (Å²) in [5.74, 6) is -2.48. The van der Waals surface area contributed by atoms with Crippen molar-refractivity contribution in [1.29, 1.82) is 5.41 Å². The van der Waals surface area contributed by atoms with E-state index in [0.29, 0.717) is 16.4 Å². The third-order valence-electron chi connectivity index (χ3n) is 4.91. The number of hydrogen-bond acceptors (Lipinski definition) is 7.